The van der Waals surface area contributed by atoms with Crippen molar-refractivity contribution in [2.75, 3.05) is 6.61 Å². The number of nitrogens with zero attached hydrogens (tertiary/aromatic N) is 1. The van der Waals surface area contributed by atoms with Crippen LogP contribution in [0.2, 0.25) is 0 Å². The first-order valence-electron chi connectivity index (χ1n) is 6.41. The lowest BCUT2D eigenvalue weighted by molar-refractivity contribution is -0.384. The zero-order valence-electron chi connectivity index (χ0n) is 12.0. The molecule has 0 radical (unpaired) electrons. The molecule has 0 heterocycles. The number of aliphatic carboxylic acids is 2. The van der Waals surface area contributed by atoms with E-state index in [1.807, 2.05) is 0 Å². The highest BCUT2D eigenvalue weighted by molar-refractivity contribution is 5.75. The number of carboxylic acid groups (broad SMARTS) is 2. The number of hydrogen-bond acceptors (Lipinski definition) is 7. The first kappa shape index (κ1) is 20.4. The van der Waals surface area contributed by atoms with Gasteiger partial charge in [0, 0.05) is 12.1 Å². The van der Waals surface area contributed by atoms with Crippen molar-refractivity contribution >= 4 is 17.6 Å². The Hall–Kier alpha value is -2.56. The van der Waals surface area contributed by atoms with Crippen molar-refractivity contribution < 1.29 is 34.9 Å². The Morgan fingerprint density at radius 1 is 1.13 bits per heavy atom. The molecule has 0 aromatic heterocycles. The summed E-state index contributed by atoms with van der Waals surface area (Å²) in [6.45, 7) is -0.349. The monoisotopic (exact) mass is 330 g/mol. The van der Waals surface area contributed by atoms with Gasteiger partial charge >= 0.3 is 11.9 Å². The van der Waals surface area contributed by atoms with E-state index < -0.39 is 29.0 Å². The molecule has 0 fully saturated rings. The van der Waals surface area contributed by atoms with Crippen molar-refractivity contribution in [3.05, 3.63) is 39.9 Å². The quantitative estimate of drug-likeness (QED) is 0.336. The summed E-state index contributed by atoms with van der Waals surface area (Å²) in [6, 6.07) is 4.61. The van der Waals surface area contributed by atoms with Gasteiger partial charge in [-0.25, -0.2) is 0 Å². The fourth-order valence-corrected chi connectivity index (χ4v) is 1.35. The van der Waals surface area contributed by atoms with Crippen LogP contribution in [0.3, 0.4) is 0 Å². The van der Waals surface area contributed by atoms with E-state index in [1.54, 1.807) is 0 Å². The highest BCUT2D eigenvalue weighted by Crippen LogP contribution is 2.19. The molecule has 0 bridgehead atoms. The molecule has 1 aromatic carbocycles. The fourth-order valence-electron chi connectivity index (χ4n) is 1.35. The van der Waals surface area contributed by atoms with Gasteiger partial charge in [-0.3, -0.25) is 19.7 Å². The maximum atomic E-state index is 10.4. The van der Waals surface area contributed by atoms with Gasteiger partial charge in [-0.15, -0.1) is 0 Å². The van der Waals surface area contributed by atoms with Crippen LogP contribution in [0, 0.1) is 10.1 Å². The van der Waals surface area contributed by atoms with E-state index in [9.17, 15) is 24.8 Å². The average molecular weight is 330 g/mol. The minimum absolute atomic E-state index is 0.0523. The lowest BCUT2D eigenvalue weighted by Gasteiger charge is -2.16. The summed E-state index contributed by atoms with van der Waals surface area (Å²) < 4.78 is 0. The third-order valence-electron chi connectivity index (χ3n) is 2.61. The molecule has 10 nitrogen and oxygen atoms in total. The molecule has 0 amide bonds. The molecule has 0 spiro atoms. The Labute approximate surface area is 130 Å². The minimum atomic E-state index is -1.08. The molecule has 0 aliphatic rings. The smallest absolute Gasteiger partial charge is 0.303 e. The molecule has 6 N–H and O–H groups in total. The van der Waals surface area contributed by atoms with Crippen molar-refractivity contribution in [2.24, 2.45) is 5.73 Å². The molecule has 0 aliphatic heterocycles. The highest BCUT2D eigenvalue weighted by atomic mass is 16.6. The molecule has 2 atom stereocenters. The van der Waals surface area contributed by atoms with Gasteiger partial charge in [-0.1, -0.05) is 0 Å². The first-order chi connectivity index (χ1) is 10.7. The van der Waals surface area contributed by atoms with Crippen molar-refractivity contribution in [3.8, 4) is 0 Å². The maximum Gasteiger partial charge on any atom is 0.303 e. The number of benzene rings is 1. The predicted octanol–water partition coefficient (Wildman–Crippen LogP) is -0.116. The van der Waals surface area contributed by atoms with Crippen LogP contribution in [0.4, 0.5) is 5.69 Å². The number of nitrogens with two attached hydrogens (primary N) is 1. The van der Waals surface area contributed by atoms with Crippen LogP contribution < -0.4 is 5.73 Å². The molecule has 0 aliphatic carbocycles. The lowest BCUT2D eigenvalue weighted by atomic mass is 10.0. The van der Waals surface area contributed by atoms with Crippen LogP contribution in [0.25, 0.3) is 0 Å². The Morgan fingerprint density at radius 3 is 1.87 bits per heavy atom. The number of carboxylic acids is 2. The van der Waals surface area contributed by atoms with Gasteiger partial charge < -0.3 is 26.2 Å². The highest BCUT2D eigenvalue weighted by Gasteiger charge is 2.16. The number of hydrogen-bond donors (Lipinski definition) is 5. The molecular formula is C13H18N2O8. The molecule has 10 heteroatoms. The summed E-state index contributed by atoms with van der Waals surface area (Å²) in [4.78, 5) is 29.1. The van der Waals surface area contributed by atoms with Crippen molar-refractivity contribution in [1.82, 2.24) is 0 Å². The standard InChI is InChI=1S/C9H12N2O4.C4H6O4/c10-8(5-12)9(13)6-1-3-7(4-2-6)11(14)15;5-3(6)1-2-4(7)8/h1-4,8-9,12-13H,5,10H2;1-2H2,(H,5,6)(H,7,8). The predicted molar refractivity (Wildman–Crippen MR) is 77.6 cm³/mol. The van der Waals surface area contributed by atoms with Crippen LogP contribution in [-0.2, 0) is 9.59 Å². The largest absolute Gasteiger partial charge is 0.481 e. The second kappa shape index (κ2) is 10.2. The number of nitro groups is 1. The first-order valence-corrected chi connectivity index (χ1v) is 6.41. The summed E-state index contributed by atoms with van der Waals surface area (Å²) in [5.74, 6) is -2.15. The summed E-state index contributed by atoms with van der Waals surface area (Å²) in [6.07, 6.45) is -1.61. The average Bonchev–Trinajstić information content (AvgIpc) is 2.52. The SMILES string of the molecule is NC(CO)C(O)c1ccc([N+](=O)[O-])cc1.O=C(O)CCC(=O)O. The van der Waals surface area contributed by atoms with Crippen molar-refractivity contribution in [2.45, 2.75) is 25.0 Å². The van der Waals surface area contributed by atoms with E-state index in [-0.39, 0.29) is 25.1 Å². The summed E-state index contributed by atoms with van der Waals surface area (Å²) >= 11 is 0. The third-order valence-corrected chi connectivity index (χ3v) is 2.61. The van der Waals surface area contributed by atoms with Crippen molar-refractivity contribution in [3.63, 3.8) is 0 Å². The second-order valence-electron chi connectivity index (χ2n) is 4.43. The molecule has 1 rings (SSSR count). The molecule has 0 saturated carbocycles. The molecule has 2 unspecified atom stereocenters. The van der Waals surface area contributed by atoms with Gasteiger partial charge in [-0.05, 0) is 17.7 Å². The number of aliphatic hydroxyl groups is 2. The Balaban J connectivity index is 0.000000515. The third kappa shape index (κ3) is 8.46. The van der Waals surface area contributed by atoms with Gasteiger partial charge in [0.15, 0.2) is 0 Å². The van der Waals surface area contributed by atoms with Gasteiger partial charge in [0.25, 0.3) is 5.69 Å². The molecule has 128 valence electrons. The van der Waals surface area contributed by atoms with Gasteiger partial charge in [-0.2, -0.15) is 0 Å². The van der Waals surface area contributed by atoms with E-state index in [1.165, 1.54) is 24.3 Å². The number of nitro benzene ring substituents is 1. The zero-order valence-corrected chi connectivity index (χ0v) is 12.0. The molecular weight excluding hydrogens is 312 g/mol. The van der Waals surface area contributed by atoms with E-state index >= 15 is 0 Å². The van der Waals surface area contributed by atoms with Gasteiger partial charge in [0.2, 0.25) is 0 Å². The maximum absolute atomic E-state index is 10.4. The van der Waals surface area contributed by atoms with Crippen LogP contribution >= 0.6 is 0 Å². The summed E-state index contributed by atoms with van der Waals surface area (Å²) in [5, 5.41) is 44.4. The Kier molecular flexibility index (Phi) is 9.08. The number of carbonyl (C=O) groups is 2. The Morgan fingerprint density at radius 2 is 1.57 bits per heavy atom. The van der Waals surface area contributed by atoms with Crippen molar-refractivity contribution in [1.29, 1.82) is 0 Å². The topological polar surface area (TPSA) is 184 Å². The number of rotatable bonds is 7. The summed E-state index contributed by atoms with van der Waals surface area (Å²) in [5.41, 5.74) is 5.81. The number of aliphatic hydroxyl groups excluding tert-OH is 2. The van der Waals surface area contributed by atoms with Crippen LogP contribution in [0.1, 0.15) is 24.5 Å². The fraction of sp³-hybridized carbons (Fsp3) is 0.385. The van der Waals surface area contributed by atoms with Crippen LogP contribution in [0.5, 0.6) is 0 Å². The van der Waals surface area contributed by atoms with Crippen LogP contribution in [-0.4, -0.2) is 49.9 Å². The van der Waals surface area contributed by atoms with E-state index in [0.29, 0.717) is 5.56 Å². The summed E-state index contributed by atoms with van der Waals surface area (Å²) in [7, 11) is 0. The van der Waals surface area contributed by atoms with E-state index in [2.05, 4.69) is 0 Å². The zero-order chi connectivity index (χ0) is 18.0. The van der Waals surface area contributed by atoms with E-state index in [4.69, 9.17) is 21.1 Å². The molecule has 0 saturated heterocycles. The van der Waals surface area contributed by atoms with E-state index in [0.717, 1.165) is 0 Å². The lowest BCUT2D eigenvalue weighted by Crippen LogP contribution is -2.31. The molecule has 23 heavy (non-hydrogen) atoms. The Bertz CT molecular complexity index is 517. The second-order valence-corrected chi connectivity index (χ2v) is 4.43. The van der Waals surface area contributed by atoms with Gasteiger partial charge in [0.1, 0.15) is 0 Å². The van der Waals surface area contributed by atoms with Gasteiger partial charge in [0.05, 0.1) is 36.5 Å². The normalized spacial score (nSPS) is 12.5. The minimum Gasteiger partial charge on any atom is -0.481 e. The molecule has 1 aromatic rings. The van der Waals surface area contributed by atoms with Crippen LogP contribution in [0.15, 0.2) is 24.3 Å². The number of non-ortho nitro benzene ring substituents is 1.